The van der Waals surface area contributed by atoms with E-state index in [1.807, 2.05) is 30.5 Å². The van der Waals surface area contributed by atoms with Crippen molar-refractivity contribution in [2.45, 2.75) is 6.92 Å². The van der Waals surface area contributed by atoms with Crippen molar-refractivity contribution in [2.24, 2.45) is 0 Å². The fraction of sp³-hybridized carbons (Fsp3) is 0.0667. The van der Waals surface area contributed by atoms with E-state index >= 15 is 0 Å². The van der Waals surface area contributed by atoms with E-state index in [1.54, 1.807) is 6.92 Å². The van der Waals surface area contributed by atoms with E-state index < -0.39 is 5.97 Å². The van der Waals surface area contributed by atoms with Crippen molar-refractivity contribution in [1.82, 2.24) is 9.97 Å². The number of aromatic amines is 1. The maximum absolute atomic E-state index is 11.2. The molecule has 2 heterocycles. The first-order chi connectivity index (χ1) is 9.99. The largest absolute Gasteiger partial charge is 0.476 e. The molecular formula is C15H12ClN3O2. The van der Waals surface area contributed by atoms with Crippen LogP contribution in [0, 0.1) is 6.92 Å². The summed E-state index contributed by atoms with van der Waals surface area (Å²) in [5.74, 6) is -1.20. The van der Waals surface area contributed by atoms with Crippen LogP contribution in [-0.4, -0.2) is 21.0 Å². The average Bonchev–Trinajstić information content (AvgIpc) is 2.92. The van der Waals surface area contributed by atoms with Gasteiger partial charge in [0.1, 0.15) is 0 Å². The zero-order valence-corrected chi connectivity index (χ0v) is 11.9. The molecule has 0 aliphatic carbocycles. The van der Waals surface area contributed by atoms with E-state index in [9.17, 15) is 9.90 Å². The Morgan fingerprint density at radius 1 is 1.38 bits per heavy atom. The van der Waals surface area contributed by atoms with Crippen LogP contribution in [-0.2, 0) is 0 Å². The normalized spacial score (nSPS) is 11.0. The van der Waals surface area contributed by atoms with Crippen LogP contribution < -0.4 is 5.73 Å². The first-order valence-electron chi connectivity index (χ1n) is 6.25. The van der Waals surface area contributed by atoms with E-state index in [-0.39, 0.29) is 16.4 Å². The van der Waals surface area contributed by atoms with Crippen LogP contribution in [0.5, 0.6) is 0 Å². The van der Waals surface area contributed by atoms with Gasteiger partial charge in [-0.1, -0.05) is 23.7 Å². The molecular weight excluding hydrogens is 290 g/mol. The zero-order valence-electron chi connectivity index (χ0n) is 11.1. The Balaban J connectivity index is 2.28. The Morgan fingerprint density at radius 3 is 2.86 bits per heavy atom. The van der Waals surface area contributed by atoms with Gasteiger partial charge in [0.15, 0.2) is 5.69 Å². The highest BCUT2D eigenvalue weighted by Crippen LogP contribution is 2.33. The number of nitrogen functional groups attached to an aromatic ring is 1. The van der Waals surface area contributed by atoms with E-state index in [2.05, 4.69) is 9.97 Å². The third kappa shape index (κ3) is 2.11. The van der Waals surface area contributed by atoms with Gasteiger partial charge in [0.25, 0.3) is 0 Å². The number of aromatic nitrogens is 2. The van der Waals surface area contributed by atoms with Gasteiger partial charge in [0.2, 0.25) is 0 Å². The van der Waals surface area contributed by atoms with E-state index in [0.29, 0.717) is 11.3 Å². The summed E-state index contributed by atoms with van der Waals surface area (Å²) in [6.07, 6.45) is 1.84. The van der Waals surface area contributed by atoms with Crippen LogP contribution in [0.1, 0.15) is 16.1 Å². The summed E-state index contributed by atoms with van der Waals surface area (Å²) in [6, 6.07) is 7.68. The predicted molar refractivity (Wildman–Crippen MR) is 82.6 cm³/mol. The number of nitrogens with zero attached hydrogens (tertiary/aromatic N) is 1. The van der Waals surface area contributed by atoms with Gasteiger partial charge in [-0.25, -0.2) is 9.78 Å². The summed E-state index contributed by atoms with van der Waals surface area (Å²) >= 11 is 5.96. The lowest BCUT2D eigenvalue weighted by atomic mass is 10.0. The van der Waals surface area contributed by atoms with Crippen LogP contribution in [0.4, 0.5) is 5.69 Å². The second-order valence-electron chi connectivity index (χ2n) is 4.75. The van der Waals surface area contributed by atoms with Gasteiger partial charge in [-0.3, -0.25) is 0 Å². The summed E-state index contributed by atoms with van der Waals surface area (Å²) in [7, 11) is 0. The third-order valence-electron chi connectivity index (χ3n) is 3.46. The smallest absolute Gasteiger partial charge is 0.356 e. The molecule has 0 spiro atoms. The molecule has 0 amide bonds. The molecule has 0 aliphatic heterocycles. The maximum atomic E-state index is 11.2. The van der Waals surface area contributed by atoms with E-state index in [1.165, 1.54) is 0 Å². The molecule has 0 atom stereocenters. The summed E-state index contributed by atoms with van der Waals surface area (Å²) in [6.45, 7) is 1.77. The minimum absolute atomic E-state index is 0.0234. The maximum Gasteiger partial charge on any atom is 0.356 e. The Kier molecular flexibility index (Phi) is 3.07. The van der Waals surface area contributed by atoms with Crippen molar-refractivity contribution in [1.29, 1.82) is 0 Å². The van der Waals surface area contributed by atoms with Crippen molar-refractivity contribution in [3.05, 3.63) is 46.7 Å². The number of H-pyrrole nitrogens is 1. The fourth-order valence-electron chi connectivity index (χ4n) is 2.28. The lowest BCUT2D eigenvalue weighted by molar-refractivity contribution is 0.0691. The fourth-order valence-corrected chi connectivity index (χ4v) is 2.55. The third-order valence-corrected chi connectivity index (χ3v) is 3.84. The number of fused-ring (bicyclic) bond motifs is 1. The van der Waals surface area contributed by atoms with Gasteiger partial charge in [-0.15, -0.1) is 0 Å². The number of nitrogens with one attached hydrogen (secondary N) is 1. The van der Waals surface area contributed by atoms with Gasteiger partial charge in [0.05, 0.1) is 16.4 Å². The predicted octanol–water partition coefficient (Wildman–Crippen LogP) is 3.47. The number of hydrogen-bond acceptors (Lipinski definition) is 3. The molecule has 21 heavy (non-hydrogen) atoms. The SMILES string of the molecule is Cc1c(-c2ccc3cc[nH]c3c2)nc(C(=O)O)c(Cl)c1N. The first-order valence-corrected chi connectivity index (χ1v) is 6.63. The number of nitrogens with two attached hydrogens (primary N) is 1. The quantitative estimate of drug-likeness (QED) is 0.675. The van der Waals surface area contributed by atoms with Crippen LogP contribution in [0.25, 0.3) is 22.2 Å². The molecule has 1 aromatic carbocycles. The molecule has 0 bridgehead atoms. The molecule has 106 valence electrons. The van der Waals surface area contributed by atoms with Crippen molar-refractivity contribution in [2.75, 3.05) is 5.73 Å². The Hall–Kier alpha value is -2.53. The monoisotopic (exact) mass is 301 g/mol. The van der Waals surface area contributed by atoms with Crippen molar-refractivity contribution < 1.29 is 9.90 Å². The second-order valence-corrected chi connectivity index (χ2v) is 5.12. The van der Waals surface area contributed by atoms with Crippen LogP contribution >= 0.6 is 11.6 Å². The number of carbonyl (C=O) groups is 1. The van der Waals surface area contributed by atoms with Crippen LogP contribution in [0.15, 0.2) is 30.5 Å². The molecule has 0 aliphatic rings. The molecule has 4 N–H and O–H groups in total. The highest BCUT2D eigenvalue weighted by Gasteiger charge is 2.19. The van der Waals surface area contributed by atoms with Crippen molar-refractivity contribution >= 4 is 34.2 Å². The number of carboxylic acid groups (broad SMARTS) is 1. The Labute approximate surface area is 125 Å². The highest BCUT2D eigenvalue weighted by molar-refractivity contribution is 6.36. The topological polar surface area (TPSA) is 92.0 Å². The molecule has 0 radical (unpaired) electrons. The number of pyridine rings is 1. The van der Waals surface area contributed by atoms with Crippen molar-refractivity contribution in [3.8, 4) is 11.3 Å². The van der Waals surface area contributed by atoms with Gasteiger partial charge in [0, 0.05) is 17.3 Å². The average molecular weight is 302 g/mol. The molecule has 2 aromatic heterocycles. The van der Waals surface area contributed by atoms with Crippen LogP contribution in [0.3, 0.4) is 0 Å². The molecule has 0 unspecified atom stereocenters. The molecule has 3 aromatic rings. The number of carboxylic acids is 1. The zero-order chi connectivity index (χ0) is 15.1. The highest BCUT2D eigenvalue weighted by atomic mass is 35.5. The Bertz CT molecular complexity index is 871. The molecule has 0 saturated heterocycles. The lowest BCUT2D eigenvalue weighted by Crippen LogP contribution is -2.07. The van der Waals surface area contributed by atoms with Gasteiger partial charge in [-0.2, -0.15) is 0 Å². The number of rotatable bonds is 2. The number of anilines is 1. The van der Waals surface area contributed by atoms with Gasteiger partial charge in [-0.05, 0) is 30.0 Å². The summed E-state index contributed by atoms with van der Waals surface area (Å²) in [4.78, 5) is 18.5. The number of aromatic carboxylic acids is 1. The Morgan fingerprint density at radius 2 is 2.14 bits per heavy atom. The molecule has 0 fully saturated rings. The van der Waals surface area contributed by atoms with Crippen molar-refractivity contribution in [3.63, 3.8) is 0 Å². The molecule has 0 saturated carbocycles. The summed E-state index contributed by atoms with van der Waals surface area (Å²) in [5, 5.41) is 10.2. The lowest BCUT2D eigenvalue weighted by Gasteiger charge is -2.12. The van der Waals surface area contributed by atoms with Gasteiger partial charge < -0.3 is 15.8 Å². The number of hydrogen-bond donors (Lipinski definition) is 3. The van der Waals surface area contributed by atoms with Crippen LogP contribution in [0.2, 0.25) is 5.02 Å². The molecule has 5 nitrogen and oxygen atoms in total. The number of benzene rings is 1. The molecule has 3 rings (SSSR count). The standard InChI is InChI=1S/C15H12ClN3O2/c1-7-12(17)11(16)14(15(20)21)19-13(7)9-3-2-8-4-5-18-10(8)6-9/h2-6,18H,1H3,(H2,17,19)(H,20,21). The van der Waals surface area contributed by atoms with Gasteiger partial charge >= 0.3 is 5.97 Å². The summed E-state index contributed by atoms with van der Waals surface area (Å²) in [5.41, 5.74) is 8.83. The first kappa shape index (κ1) is 13.5. The van der Waals surface area contributed by atoms with E-state index in [0.717, 1.165) is 16.5 Å². The summed E-state index contributed by atoms with van der Waals surface area (Å²) < 4.78 is 0. The number of halogens is 1. The minimum atomic E-state index is -1.20. The van der Waals surface area contributed by atoms with E-state index in [4.69, 9.17) is 17.3 Å². The minimum Gasteiger partial charge on any atom is -0.476 e. The molecule has 6 heteroatoms. The second kappa shape index (κ2) is 4.79.